The van der Waals surface area contributed by atoms with Crippen LogP contribution in [-0.4, -0.2) is 29.6 Å². The first kappa shape index (κ1) is 19.0. The molecule has 1 heterocycles. The molecule has 0 atom stereocenters. The summed E-state index contributed by atoms with van der Waals surface area (Å²) in [5.41, 5.74) is -0.148. The number of nitrogens with one attached hydrogen (secondary N) is 1. The van der Waals surface area contributed by atoms with Gasteiger partial charge < -0.3 is 10.2 Å². The van der Waals surface area contributed by atoms with Gasteiger partial charge >= 0.3 is 5.97 Å². The van der Waals surface area contributed by atoms with Crippen LogP contribution in [0.1, 0.15) is 10.4 Å². The summed E-state index contributed by atoms with van der Waals surface area (Å²) in [7, 11) is -3.98. The third-order valence-electron chi connectivity index (χ3n) is 3.54. The largest absolute Gasteiger partial charge is 0.507 e. The highest BCUT2D eigenvalue weighted by atomic mass is 32.2. The number of carboxylic acid groups (broad SMARTS) is 1. The summed E-state index contributed by atoms with van der Waals surface area (Å²) >= 11 is 0. The molecule has 3 N–H and O–H groups in total. The summed E-state index contributed by atoms with van der Waals surface area (Å²) < 4.78 is 27.7. The zero-order valence-corrected chi connectivity index (χ0v) is 15.0. The summed E-state index contributed by atoms with van der Waals surface area (Å²) in [5, 5.41) is 26.4. The molecule has 0 unspecified atom stereocenters. The SMILES string of the molecule is O=C(O)c1cc(N=Nc2ccccc2S(=O)(=O)Nc2ccccn2)ccc1O. The van der Waals surface area contributed by atoms with Crippen molar-refractivity contribution in [3.05, 3.63) is 72.4 Å². The lowest BCUT2D eigenvalue weighted by Crippen LogP contribution is -2.13. The number of carboxylic acids is 1. The van der Waals surface area contributed by atoms with Crippen LogP contribution in [0, 0.1) is 0 Å². The summed E-state index contributed by atoms with van der Waals surface area (Å²) in [5.74, 6) is -1.58. The van der Waals surface area contributed by atoms with Gasteiger partial charge in [-0.15, -0.1) is 5.11 Å². The predicted octanol–water partition coefficient (Wildman–Crippen LogP) is 3.70. The molecule has 0 fully saturated rings. The molecule has 1 aromatic heterocycles. The number of phenols is 1. The number of anilines is 1. The standard InChI is InChI=1S/C18H14N4O5S/c23-15-9-8-12(11-13(15)18(24)25)20-21-14-5-1-2-6-16(14)28(26,27)22-17-7-3-4-10-19-17/h1-11,23H,(H,19,22)(H,24,25). The summed E-state index contributed by atoms with van der Waals surface area (Å²) in [6.07, 6.45) is 1.45. The number of nitrogens with zero attached hydrogens (tertiary/aromatic N) is 3. The van der Waals surface area contributed by atoms with Crippen LogP contribution >= 0.6 is 0 Å². The molecule has 0 aliphatic rings. The van der Waals surface area contributed by atoms with Gasteiger partial charge in [-0.2, -0.15) is 5.11 Å². The number of benzene rings is 2. The van der Waals surface area contributed by atoms with Crippen molar-refractivity contribution in [1.29, 1.82) is 0 Å². The Balaban J connectivity index is 1.94. The maximum Gasteiger partial charge on any atom is 0.339 e. The molecule has 0 aliphatic heterocycles. The van der Waals surface area contributed by atoms with Crippen LogP contribution in [0.3, 0.4) is 0 Å². The van der Waals surface area contributed by atoms with Crippen LogP contribution in [0.2, 0.25) is 0 Å². The first-order valence-electron chi connectivity index (χ1n) is 7.88. The van der Waals surface area contributed by atoms with Crippen molar-refractivity contribution in [3.63, 3.8) is 0 Å². The van der Waals surface area contributed by atoms with E-state index in [1.807, 2.05) is 0 Å². The van der Waals surface area contributed by atoms with E-state index in [2.05, 4.69) is 19.9 Å². The van der Waals surface area contributed by atoms with Crippen LogP contribution in [-0.2, 0) is 10.0 Å². The van der Waals surface area contributed by atoms with Gasteiger partial charge in [0, 0.05) is 6.20 Å². The van der Waals surface area contributed by atoms with Crippen molar-refractivity contribution in [2.45, 2.75) is 4.90 Å². The van der Waals surface area contributed by atoms with Crippen molar-refractivity contribution in [3.8, 4) is 5.75 Å². The molecule has 0 aliphatic carbocycles. The van der Waals surface area contributed by atoms with Gasteiger partial charge in [0.2, 0.25) is 0 Å². The van der Waals surface area contributed by atoms with Crippen molar-refractivity contribution >= 4 is 33.2 Å². The fourth-order valence-electron chi connectivity index (χ4n) is 2.25. The monoisotopic (exact) mass is 398 g/mol. The van der Waals surface area contributed by atoms with Crippen molar-refractivity contribution < 1.29 is 23.4 Å². The molecule has 0 saturated heterocycles. The second-order valence-corrected chi connectivity index (χ2v) is 7.15. The molecular formula is C18H14N4O5S. The molecule has 3 aromatic rings. The molecule has 2 aromatic carbocycles. The zero-order valence-electron chi connectivity index (χ0n) is 14.2. The highest BCUT2D eigenvalue weighted by molar-refractivity contribution is 7.92. The first-order valence-corrected chi connectivity index (χ1v) is 9.36. The number of aromatic carboxylic acids is 1. The minimum atomic E-state index is -3.98. The number of sulfonamides is 1. The van der Waals surface area contributed by atoms with E-state index in [9.17, 15) is 18.3 Å². The summed E-state index contributed by atoms with van der Waals surface area (Å²) in [6, 6.07) is 14.4. The highest BCUT2D eigenvalue weighted by Gasteiger charge is 2.19. The Labute approximate surface area is 160 Å². The van der Waals surface area contributed by atoms with Gasteiger partial charge in [-0.3, -0.25) is 4.72 Å². The van der Waals surface area contributed by atoms with E-state index in [0.29, 0.717) is 0 Å². The quantitative estimate of drug-likeness (QED) is 0.541. The van der Waals surface area contributed by atoms with Gasteiger partial charge in [0.15, 0.2) is 0 Å². The first-order chi connectivity index (χ1) is 13.4. The number of aromatic hydroxyl groups is 1. The minimum Gasteiger partial charge on any atom is -0.507 e. The normalized spacial score (nSPS) is 11.4. The number of pyridine rings is 1. The van der Waals surface area contributed by atoms with Crippen LogP contribution in [0.15, 0.2) is 82.0 Å². The second-order valence-electron chi connectivity index (χ2n) is 5.49. The van der Waals surface area contributed by atoms with E-state index < -0.39 is 21.7 Å². The van der Waals surface area contributed by atoms with Crippen LogP contribution in [0.5, 0.6) is 5.75 Å². The van der Waals surface area contributed by atoms with Gasteiger partial charge in [-0.1, -0.05) is 18.2 Å². The predicted molar refractivity (Wildman–Crippen MR) is 101 cm³/mol. The van der Waals surface area contributed by atoms with E-state index in [4.69, 9.17) is 5.11 Å². The number of aromatic nitrogens is 1. The molecular weight excluding hydrogens is 384 g/mol. The molecule has 10 heteroatoms. The van der Waals surface area contributed by atoms with E-state index >= 15 is 0 Å². The average molecular weight is 398 g/mol. The summed E-state index contributed by atoms with van der Waals surface area (Å²) in [4.78, 5) is 14.9. The molecule has 28 heavy (non-hydrogen) atoms. The molecule has 0 amide bonds. The second kappa shape index (κ2) is 7.84. The fourth-order valence-corrected chi connectivity index (χ4v) is 3.40. The number of azo groups is 1. The Bertz CT molecular complexity index is 1150. The smallest absolute Gasteiger partial charge is 0.339 e. The molecule has 9 nitrogen and oxygen atoms in total. The third kappa shape index (κ3) is 4.30. The van der Waals surface area contributed by atoms with E-state index in [-0.39, 0.29) is 27.7 Å². The Morgan fingerprint density at radius 1 is 1.00 bits per heavy atom. The Hall–Kier alpha value is -3.79. The molecule has 3 rings (SSSR count). The van der Waals surface area contributed by atoms with Gasteiger partial charge in [0.1, 0.15) is 27.7 Å². The minimum absolute atomic E-state index is 0.0517. The number of hydrogen-bond acceptors (Lipinski definition) is 7. The van der Waals surface area contributed by atoms with Gasteiger partial charge in [-0.25, -0.2) is 18.2 Å². The maximum atomic E-state index is 12.7. The molecule has 142 valence electrons. The maximum absolute atomic E-state index is 12.7. The van der Waals surface area contributed by atoms with Crippen LogP contribution in [0.25, 0.3) is 0 Å². The average Bonchev–Trinajstić information content (AvgIpc) is 2.68. The molecule has 0 spiro atoms. The third-order valence-corrected chi connectivity index (χ3v) is 4.94. The Kier molecular flexibility index (Phi) is 5.32. The lowest BCUT2D eigenvalue weighted by molar-refractivity contribution is 0.0693. The highest BCUT2D eigenvalue weighted by Crippen LogP contribution is 2.29. The Morgan fingerprint density at radius 3 is 2.46 bits per heavy atom. The van der Waals surface area contributed by atoms with E-state index in [1.54, 1.807) is 18.2 Å². The zero-order chi connectivity index (χ0) is 20.1. The number of carbonyl (C=O) groups is 1. The van der Waals surface area contributed by atoms with E-state index in [0.717, 1.165) is 6.07 Å². The fraction of sp³-hybridized carbons (Fsp3) is 0. The van der Waals surface area contributed by atoms with E-state index in [1.165, 1.54) is 42.6 Å². The van der Waals surface area contributed by atoms with Crippen molar-refractivity contribution in [2.24, 2.45) is 10.2 Å². The van der Waals surface area contributed by atoms with Crippen LogP contribution < -0.4 is 4.72 Å². The molecule has 0 radical (unpaired) electrons. The van der Waals surface area contributed by atoms with Gasteiger partial charge in [-0.05, 0) is 42.5 Å². The molecule has 0 saturated carbocycles. The van der Waals surface area contributed by atoms with Crippen molar-refractivity contribution in [2.75, 3.05) is 4.72 Å². The molecule has 0 bridgehead atoms. The van der Waals surface area contributed by atoms with Crippen molar-refractivity contribution in [1.82, 2.24) is 4.98 Å². The Morgan fingerprint density at radius 2 is 1.75 bits per heavy atom. The van der Waals surface area contributed by atoms with Gasteiger partial charge in [0.25, 0.3) is 10.0 Å². The lowest BCUT2D eigenvalue weighted by Gasteiger charge is -2.08. The summed E-state index contributed by atoms with van der Waals surface area (Å²) in [6.45, 7) is 0. The number of hydrogen-bond donors (Lipinski definition) is 3. The van der Waals surface area contributed by atoms with Crippen LogP contribution in [0.4, 0.5) is 17.2 Å². The lowest BCUT2D eigenvalue weighted by atomic mass is 10.2. The number of rotatable bonds is 6. The van der Waals surface area contributed by atoms with Gasteiger partial charge in [0.05, 0.1) is 5.69 Å². The topological polar surface area (TPSA) is 141 Å².